The summed E-state index contributed by atoms with van der Waals surface area (Å²) >= 11 is 0. The fourth-order valence-corrected chi connectivity index (χ4v) is 5.96. The van der Waals surface area contributed by atoms with Crippen LogP contribution in [0.3, 0.4) is 0 Å². The maximum absolute atomic E-state index is 13.5. The van der Waals surface area contributed by atoms with Crippen LogP contribution in [-0.4, -0.2) is 48.4 Å². The number of likely N-dealkylation sites (tertiary alicyclic amines) is 1. The number of hydrogen-bond acceptors (Lipinski definition) is 3. The van der Waals surface area contributed by atoms with Gasteiger partial charge in [0, 0.05) is 12.6 Å². The van der Waals surface area contributed by atoms with Gasteiger partial charge in [-0.25, -0.2) is 0 Å². The molecule has 0 aromatic rings. The van der Waals surface area contributed by atoms with E-state index in [1.807, 2.05) is 7.05 Å². The Bertz CT molecular complexity index is 565. The van der Waals surface area contributed by atoms with Crippen molar-refractivity contribution in [1.29, 1.82) is 0 Å². The van der Waals surface area contributed by atoms with E-state index >= 15 is 0 Å². The average Bonchev–Trinajstić information content (AvgIpc) is 3.23. The second-order valence-corrected chi connectivity index (χ2v) is 10.6. The van der Waals surface area contributed by atoms with E-state index in [-0.39, 0.29) is 23.3 Å². The van der Waals surface area contributed by atoms with E-state index in [0.717, 1.165) is 19.4 Å². The van der Waals surface area contributed by atoms with Crippen molar-refractivity contribution in [3.05, 3.63) is 0 Å². The molecule has 3 fully saturated rings. The van der Waals surface area contributed by atoms with Crippen LogP contribution < -0.4 is 10.6 Å². The number of carbonyl (C=O) groups excluding carboxylic acids is 2. The number of likely N-dealkylation sites (N-methyl/N-ethyl adjacent to an activating group) is 1. The molecule has 0 aromatic heterocycles. The summed E-state index contributed by atoms with van der Waals surface area (Å²) in [5.41, 5.74) is -0.310. The predicted molar refractivity (Wildman–Crippen MR) is 113 cm³/mol. The molecule has 28 heavy (non-hydrogen) atoms. The molecular formula is C23H41N3O2. The summed E-state index contributed by atoms with van der Waals surface area (Å²) < 4.78 is 0. The molecule has 2 saturated carbocycles. The molecule has 3 rings (SSSR count). The van der Waals surface area contributed by atoms with Crippen LogP contribution in [0.15, 0.2) is 0 Å². The lowest BCUT2D eigenvalue weighted by atomic mass is 9.82. The minimum absolute atomic E-state index is 0.00489. The summed E-state index contributed by atoms with van der Waals surface area (Å²) in [6, 6.07) is -0.380. The Morgan fingerprint density at radius 2 is 1.68 bits per heavy atom. The fourth-order valence-electron chi connectivity index (χ4n) is 5.96. The molecule has 5 atom stereocenters. The standard InChI is InChI=1S/C23H41N3O2/c1-15-18-13-9-12-17(18)14-26(15)22(28)20(23(2,3)4)25-21(27)19(24-5)16-10-7-6-8-11-16/h15-20,24H,6-14H2,1-5H3,(H,25,27)/t15-,17+,18-,19+,20?/m1/s1. The van der Waals surface area contributed by atoms with Gasteiger partial charge in [0.15, 0.2) is 0 Å². The first-order valence-corrected chi connectivity index (χ1v) is 11.5. The van der Waals surface area contributed by atoms with Crippen molar-refractivity contribution in [2.24, 2.45) is 23.2 Å². The van der Waals surface area contributed by atoms with Crippen LogP contribution in [0.5, 0.6) is 0 Å². The highest BCUT2D eigenvalue weighted by molar-refractivity contribution is 5.90. The number of hydrogen-bond donors (Lipinski definition) is 2. The molecule has 2 aliphatic carbocycles. The zero-order valence-electron chi connectivity index (χ0n) is 18.6. The number of rotatable bonds is 5. The summed E-state index contributed by atoms with van der Waals surface area (Å²) in [4.78, 5) is 28.8. The molecule has 2 amide bonds. The number of nitrogens with zero attached hydrogens (tertiary/aromatic N) is 1. The van der Waals surface area contributed by atoms with E-state index < -0.39 is 6.04 Å². The van der Waals surface area contributed by atoms with Gasteiger partial charge >= 0.3 is 0 Å². The normalized spacial score (nSPS) is 30.8. The smallest absolute Gasteiger partial charge is 0.245 e. The van der Waals surface area contributed by atoms with Gasteiger partial charge in [0.2, 0.25) is 11.8 Å². The molecule has 1 unspecified atom stereocenters. The first-order chi connectivity index (χ1) is 13.2. The van der Waals surface area contributed by atoms with Gasteiger partial charge in [0.1, 0.15) is 6.04 Å². The summed E-state index contributed by atoms with van der Waals surface area (Å²) in [5.74, 6) is 1.78. The Hall–Kier alpha value is -1.10. The Balaban J connectivity index is 1.71. The summed E-state index contributed by atoms with van der Waals surface area (Å²) in [5, 5.41) is 6.42. The molecule has 0 aromatic carbocycles. The molecule has 3 aliphatic rings. The van der Waals surface area contributed by atoms with Crippen molar-refractivity contribution in [3.8, 4) is 0 Å². The number of nitrogens with one attached hydrogen (secondary N) is 2. The van der Waals surface area contributed by atoms with Gasteiger partial charge in [-0.05, 0) is 62.8 Å². The van der Waals surface area contributed by atoms with Crippen LogP contribution in [-0.2, 0) is 9.59 Å². The third-order valence-electron chi connectivity index (χ3n) is 7.66. The Morgan fingerprint density at radius 3 is 2.25 bits per heavy atom. The Kier molecular flexibility index (Phi) is 6.73. The molecular weight excluding hydrogens is 350 g/mol. The van der Waals surface area contributed by atoms with E-state index in [1.54, 1.807) is 0 Å². The van der Waals surface area contributed by atoms with Gasteiger partial charge in [0.25, 0.3) is 0 Å². The van der Waals surface area contributed by atoms with Gasteiger partial charge in [-0.3, -0.25) is 9.59 Å². The lowest BCUT2D eigenvalue weighted by Crippen LogP contribution is -2.59. The number of carbonyl (C=O) groups is 2. The Morgan fingerprint density at radius 1 is 1.00 bits per heavy atom. The largest absolute Gasteiger partial charge is 0.342 e. The molecule has 5 heteroatoms. The number of amides is 2. The molecule has 0 spiro atoms. The topological polar surface area (TPSA) is 61.4 Å². The van der Waals surface area contributed by atoms with Gasteiger partial charge in [-0.15, -0.1) is 0 Å². The highest BCUT2D eigenvalue weighted by atomic mass is 16.2. The molecule has 1 aliphatic heterocycles. The van der Waals surface area contributed by atoms with Crippen molar-refractivity contribution in [2.75, 3.05) is 13.6 Å². The predicted octanol–water partition coefficient (Wildman–Crippen LogP) is 3.33. The van der Waals surface area contributed by atoms with Crippen LogP contribution in [0.2, 0.25) is 0 Å². The lowest BCUT2D eigenvalue weighted by Gasteiger charge is -2.37. The zero-order valence-corrected chi connectivity index (χ0v) is 18.6. The highest BCUT2D eigenvalue weighted by Gasteiger charge is 2.47. The van der Waals surface area contributed by atoms with Gasteiger partial charge in [-0.1, -0.05) is 46.5 Å². The minimum atomic E-state index is -0.472. The highest BCUT2D eigenvalue weighted by Crippen LogP contribution is 2.42. The van der Waals surface area contributed by atoms with E-state index in [4.69, 9.17) is 0 Å². The minimum Gasteiger partial charge on any atom is -0.342 e. The quantitative estimate of drug-likeness (QED) is 0.756. The molecule has 0 radical (unpaired) electrons. The van der Waals surface area contributed by atoms with E-state index in [9.17, 15) is 9.59 Å². The van der Waals surface area contributed by atoms with Crippen LogP contribution in [0.25, 0.3) is 0 Å². The second-order valence-electron chi connectivity index (χ2n) is 10.6. The lowest BCUT2D eigenvalue weighted by molar-refractivity contribution is -0.141. The van der Waals surface area contributed by atoms with Crippen molar-refractivity contribution >= 4 is 11.8 Å². The van der Waals surface area contributed by atoms with Crippen LogP contribution >= 0.6 is 0 Å². The van der Waals surface area contributed by atoms with Crippen LogP contribution in [0.4, 0.5) is 0 Å². The van der Waals surface area contributed by atoms with Crippen molar-refractivity contribution in [2.45, 2.75) is 97.2 Å². The summed E-state index contributed by atoms with van der Waals surface area (Å²) in [6.07, 6.45) is 9.65. The maximum atomic E-state index is 13.5. The Labute approximate surface area is 171 Å². The monoisotopic (exact) mass is 391 g/mol. The van der Waals surface area contributed by atoms with Gasteiger partial charge in [-0.2, -0.15) is 0 Å². The second kappa shape index (κ2) is 8.73. The molecule has 1 saturated heterocycles. The van der Waals surface area contributed by atoms with Crippen molar-refractivity contribution in [3.63, 3.8) is 0 Å². The molecule has 2 N–H and O–H groups in total. The first-order valence-electron chi connectivity index (χ1n) is 11.5. The van der Waals surface area contributed by atoms with E-state index in [2.05, 4.69) is 43.2 Å². The van der Waals surface area contributed by atoms with E-state index in [0.29, 0.717) is 23.8 Å². The molecule has 5 nitrogen and oxygen atoms in total. The summed E-state index contributed by atoms with van der Waals surface area (Å²) in [6.45, 7) is 9.25. The van der Waals surface area contributed by atoms with Crippen molar-refractivity contribution < 1.29 is 9.59 Å². The molecule has 1 heterocycles. The van der Waals surface area contributed by atoms with E-state index in [1.165, 1.54) is 38.5 Å². The van der Waals surface area contributed by atoms with Crippen LogP contribution in [0, 0.1) is 23.2 Å². The van der Waals surface area contributed by atoms with Gasteiger partial charge in [0.05, 0.1) is 6.04 Å². The molecule has 160 valence electrons. The summed E-state index contributed by atoms with van der Waals surface area (Å²) in [7, 11) is 1.87. The van der Waals surface area contributed by atoms with Gasteiger partial charge < -0.3 is 15.5 Å². The fraction of sp³-hybridized carbons (Fsp3) is 0.913. The zero-order chi connectivity index (χ0) is 20.5. The SMILES string of the molecule is CN[C@H](C(=O)NC(C(=O)N1C[C@@H]2CCC[C@@H]2[C@H]1C)C(C)(C)C)C1CCCCC1. The third kappa shape index (κ3) is 4.39. The maximum Gasteiger partial charge on any atom is 0.245 e. The van der Waals surface area contributed by atoms with Crippen LogP contribution in [0.1, 0.15) is 79.1 Å². The first kappa shape index (κ1) is 21.6. The third-order valence-corrected chi connectivity index (χ3v) is 7.66. The van der Waals surface area contributed by atoms with Crippen molar-refractivity contribution in [1.82, 2.24) is 15.5 Å². The number of fused-ring (bicyclic) bond motifs is 1. The molecule has 0 bridgehead atoms. The average molecular weight is 392 g/mol.